The minimum Gasteiger partial charge on any atom is -0.359 e. The first-order valence-electron chi connectivity index (χ1n) is 7.05. The van der Waals surface area contributed by atoms with Crippen molar-refractivity contribution in [2.24, 2.45) is 5.92 Å². The molecule has 0 radical (unpaired) electrons. The van der Waals surface area contributed by atoms with Crippen LogP contribution in [-0.2, 0) is 6.54 Å². The number of hydrogen-bond donors (Lipinski definition) is 1. The Morgan fingerprint density at radius 3 is 2.52 bits per heavy atom. The second kappa shape index (κ2) is 6.76. The van der Waals surface area contributed by atoms with Crippen molar-refractivity contribution in [2.75, 3.05) is 5.32 Å². The van der Waals surface area contributed by atoms with E-state index in [4.69, 9.17) is 11.6 Å². The Kier molecular flexibility index (Phi) is 5.02. The molecule has 21 heavy (non-hydrogen) atoms. The van der Waals surface area contributed by atoms with E-state index in [1.54, 1.807) is 17.0 Å². The van der Waals surface area contributed by atoms with Crippen LogP contribution in [0.2, 0.25) is 5.02 Å². The smallest absolute Gasteiger partial charge is 0.293 e. The monoisotopic (exact) mass is 305 g/mol. The molecule has 0 fully saturated rings. The second-order valence-corrected chi connectivity index (χ2v) is 5.98. The molecule has 0 saturated heterocycles. The van der Waals surface area contributed by atoms with Crippen LogP contribution in [0, 0.1) is 5.92 Å². The van der Waals surface area contributed by atoms with Gasteiger partial charge in [-0.3, -0.25) is 4.79 Å². The minimum atomic E-state index is -0.0907. The number of rotatable bonds is 5. The zero-order chi connectivity index (χ0) is 15.4. The average molecular weight is 306 g/mol. The fourth-order valence-electron chi connectivity index (χ4n) is 2.12. The summed E-state index contributed by atoms with van der Waals surface area (Å²) in [4.78, 5) is 16.5. The fourth-order valence-corrected chi connectivity index (χ4v) is 2.25. The Labute approximate surface area is 129 Å². The fraction of sp³-hybridized carbons (Fsp3) is 0.375. The first-order chi connectivity index (χ1) is 9.97. The van der Waals surface area contributed by atoms with Gasteiger partial charge in [-0.15, -0.1) is 0 Å². The van der Waals surface area contributed by atoms with Crippen molar-refractivity contribution in [1.82, 2.24) is 9.55 Å². The maximum absolute atomic E-state index is 12.3. The molecule has 1 aromatic heterocycles. The van der Waals surface area contributed by atoms with E-state index < -0.39 is 0 Å². The maximum Gasteiger partial charge on any atom is 0.293 e. The highest BCUT2D eigenvalue weighted by atomic mass is 35.5. The van der Waals surface area contributed by atoms with Gasteiger partial charge < -0.3 is 9.88 Å². The molecule has 0 aliphatic carbocycles. The zero-order valence-electron chi connectivity index (χ0n) is 12.5. The molecule has 1 aromatic carbocycles. The summed E-state index contributed by atoms with van der Waals surface area (Å²) >= 11 is 5.88. The molecule has 1 unspecified atom stereocenters. The van der Waals surface area contributed by atoms with Crippen molar-refractivity contribution >= 4 is 17.4 Å². The molecular weight excluding hydrogens is 286 g/mol. The van der Waals surface area contributed by atoms with Crippen molar-refractivity contribution in [3.63, 3.8) is 0 Å². The number of benzene rings is 1. The molecule has 4 nitrogen and oxygen atoms in total. The number of halogens is 1. The highest BCUT2D eigenvalue weighted by Crippen LogP contribution is 2.18. The van der Waals surface area contributed by atoms with Crippen LogP contribution in [0.25, 0.3) is 0 Å². The normalized spacial score (nSPS) is 12.4. The van der Waals surface area contributed by atoms with Gasteiger partial charge in [-0.1, -0.05) is 37.6 Å². The van der Waals surface area contributed by atoms with Crippen LogP contribution < -0.4 is 10.9 Å². The van der Waals surface area contributed by atoms with Gasteiger partial charge in [-0.05, 0) is 30.5 Å². The van der Waals surface area contributed by atoms with Crippen molar-refractivity contribution in [3.05, 3.63) is 57.6 Å². The van der Waals surface area contributed by atoms with Crippen LogP contribution in [0.15, 0.2) is 41.5 Å². The van der Waals surface area contributed by atoms with E-state index in [0.29, 0.717) is 23.3 Å². The van der Waals surface area contributed by atoms with E-state index in [2.05, 4.69) is 24.1 Å². The zero-order valence-corrected chi connectivity index (χ0v) is 13.3. The van der Waals surface area contributed by atoms with E-state index in [0.717, 1.165) is 5.56 Å². The van der Waals surface area contributed by atoms with E-state index in [-0.39, 0.29) is 11.6 Å². The molecule has 2 aromatic rings. The van der Waals surface area contributed by atoms with Crippen LogP contribution >= 0.6 is 11.6 Å². The van der Waals surface area contributed by atoms with Crippen LogP contribution in [0.4, 0.5) is 5.82 Å². The number of hydrogen-bond acceptors (Lipinski definition) is 3. The lowest BCUT2D eigenvalue weighted by molar-refractivity contribution is 0.509. The van der Waals surface area contributed by atoms with Gasteiger partial charge in [0.25, 0.3) is 5.56 Å². The average Bonchev–Trinajstić information content (AvgIpc) is 2.43. The summed E-state index contributed by atoms with van der Waals surface area (Å²) in [5, 5.41) is 3.87. The molecule has 0 saturated carbocycles. The number of anilines is 1. The molecule has 0 bridgehead atoms. The van der Waals surface area contributed by atoms with Crippen molar-refractivity contribution in [2.45, 2.75) is 33.4 Å². The molecule has 2 rings (SSSR count). The van der Waals surface area contributed by atoms with Crippen molar-refractivity contribution < 1.29 is 0 Å². The third-order valence-electron chi connectivity index (χ3n) is 3.20. The highest BCUT2D eigenvalue weighted by molar-refractivity contribution is 6.30. The molecule has 1 N–H and O–H groups in total. The Balaban J connectivity index is 2.19. The van der Waals surface area contributed by atoms with Crippen molar-refractivity contribution in [1.29, 1.82) is 0 Å². The predicted molar refractivity (Wildman–Crippen MR) is 86.8 cm³/mol. The van der Waals surface area contributed by atoms with Crippen LogP contribution in [0.1, 0.15) is 32.4 Å². The molecule has 112 valence electrons. The lowest BCUT2D eigenvalue weighted by Crippen LogP contribution is -2.26. The third-order valence-corrected chi connectivity index (χ3v) is 3.45. The van der Waals surface area contributed by atoms with Gasteiger partial charge in [0.05, 0.1) is 6.04 Å². The van der Waals surface area contributed by atoms with Gasteiger partial charge in [-0.2, -0.15) is 0 Å². The summed E-state index contributed by atoms with van der Waals surface area (Å²) < 4.78 is 1.69. The molecule has 0 spiro atoms. The van der Waals surface area contributed by atoms with E-state index in [1.165, 1.54) is 0 Å². The van der Waals surface area contributed by atoms with Gasteiger partial charge in [0.15, 0.2) is 5.82 Å². The van der Waals surface area contributed by atoms with Gasteiger partial charge in [0, 0.05) is 24.0 Å². The van der Waals surface area contributed by atoms with Crippen LogP contribution in [0.5, 0.6) is 0 Å². The summed E-state index contributed by atoms with van der Waals surface area (Å²) in [5.74, 6) is 0.784. The number of aromatic nitrogens is 2. The summed E-state index contributed by atoms with van der Waals surface area (Å²) in [7, 11) is 0. The molecule has 0 aliphatic rings. The Morgan fingerprint density at radius 1 is 1.24 bits per heavy atom. The minimum absolute atomic E-state index is 0.0163. The van der Waals surface area contributed by atoms with Crippen LogP contribution in [0.3, 0.4) is 0 Å². The number of nitrogens with one attached hydrogen (secondary N) is 1. The molecule has 1 atom stereocenters. The summed E-state index contributed by atoms with van der Waals surface area (Å²) in [5.41, 5.74) is 0.965. The first-order valence-corrected chi connectivity index (χ1v) is 7.42. The third kappa shape index (κ3) is 4.08. The molecule has 0 amide bonds. The van der Waals surface area contributed by atoms with Gasteiger partial charge in [-0.25, -0.2) is 4.98 Å². The SMILES string of the molecule is CC(C)Cn1ccnc(NC(C)c2ccc(Cl)cc2)c1=O. The Hall–Kier alpha value is -1.81. The predicted octanol–water partition coefficient (Wildman–Crippen LogP) is 3.73. The van der Waals surface area contributed by atoms with E-state index in [9.17, 15) is 4.79 Å². The van der Waals surface area contributed by atoms with Crippen LogP contribution in [-0.4, -0.2) is 9.55 Å². The molecule has 5 heteroatoms. The molecule has 0 aliphatic heterocycles. The second-order valence-electron chi connectivity index (χ2n) is 5.54. The standard InChI is InChI=1S/C16H20ClN3O/c1-11(2)10-20-9-8-18-15(16(20)21)19-12(3)13-4-6-14(17)7-5-13/h4-9,11-12H,10H2,1-3H3,(H,18,19). The molecular formula is C16H20ClN3O. The Bertz CT molecular complexity index is 649. The van der Waals surface area contributed by atoms with Gasteiger partial charge >= 0.3 is 0 Å². The molecule has 1 heterocycles. The summed E-state index contributed by atoms with van der Waals surface area (Å²) in [6, 6.07) is 7.54. The highest BCUT2D eigenvalue weighted by Gasteiger charge is 2.10. The summed E-state index contributed by atoms with van der Waals surface area (Å²) in [6.07, 6.45) is 3.38. The lowest BCUT2D eigenvalue weighted by atomic mass is 10.1. The Morgan fingerprint density at radius 2 is 1.90 bits per heavy atom. The van der Waals surface area contributed by atoms with E-state index >= 15 is 0 Å². The first kappa shape index (κ1) is 15.6. The topological polar surface area (TPSA) is 46.9 Å². The largest absolute Gasteiger partial charge is 0.359 e. The van der Waals surface area contributed by atoms with Gasteiger partial charge in [0.2, 0.25) is 0 Å². The lowest BCUT2D eigenvalue weighted by Gasteiger charge is -2.16. The number of nitrogens with zero attached hydrogens (tertiary/aromatic N) is 2. The summed E-state index contributed by atoms with van der Waals surface area (Å²) in [6.45, 7) is 6.84. The maximum atomic E-state index is 12.3. The van der Waals surface area contributed by atoms with Crippen molar-refractivity contribution in [3.8, 4) is 0 Å². The van der Waals surface area contributed by atoms with E-state index in [1.807, 2.05) is 31.2 Å². The quantitative estimate of drug-likeness (QED) is 0.915. The van der Waals surface area contributed by atoms with Gasteiger partial charge in [0.1, 0.15) is 0 Å².